The maximum Gasteiger partial charge on any atom is 0.292 e. The van der Waals surface area contributed by atoms with Gasteiger partial charge in [-0.3, -0.25) is 14.4 Å². The average molecular weight is 1610 g/mol. The Labute approximate surface area is 693 Å². The first-order valence-corrected chi connectivity index (χ1v) is 41.9. The van der Waals surface area contributed by atoms with Crippen LogP contribution in [0, 0.1) is 0 Å². The molecule has 0 saturated heterocycles. The van der Waals surface area contributed by atoms with Crippen molar-refractivity contribution in [2.24, 2.45) is 4.99 Å². The molecule has 0 saturated carbocycles. The van der Waals surface area contributed by atoms with Crippen LogP contribution in [0.3, 0.4) is 0 Å². The number of ether oxygens (including phenoxy) is 5. The van der Waals surface area contributed by atoms with Gasteiger partial charge in [0.15, 0.2) is 54.1 Å². The molecule has 5 aliphatic heterocycles. The smallest absolute Gasteiger partial charge is 0.292 e. The fourth-order valence-corrected chi connectivity index (χ4v) is 15.3. The monoisotopic (exact) mass is 1610 g/mol. The molecule has 14 aromatic carbocycles. The van der Waals surface area contributed by atoms with Gasteiger partial charge in [0.1, 0.15) is 5.75 Å². The van der Waals surface area contributed by atoms with E-state index < -0.39 is 20.0 Å². The summed E-state index contributed by atoms with van der Waals surface area (Å²) >= 11 is 0. The van der Waals surface area contributed by atoms with Crippen LogP contribution in [0.4, 0.5) is 68.2 Å². The maximum atomic E-state index is 12.6. The number of rotatable bonds is 16. The van der Waals surface area contributed by atoms with Gasteiger partial charge in [0, 0.05) is 97.9 Å². The first-order valence-electron chi connectivity index (χ1n) is 38.6. The third kappa shape index (κ3) is 20.1. The fourth-order valence-electron chi connectivity index (χ4n) is 13.7. The molecule has 0 atom stereocenters. The molecule has 0 bridgehead atoms. The molecule has 2 N–H and O–H groups in total. The molecule has 19 rings (SSSR count). The maximum absolute atomic E-state index is 12.6. The Morgan fingerprint density at radius 2 is 0.605 bits per heavy atom. The number of anilines is 6. The van der Waals surface area contributed by atoms with Crippen LogP contribution in [0.15, 0.2) is 374 Å². The standard InChI is InChI=1S/C26H21N2O.C21H17N2O.C20H17N2O3S.C16H17N2O.C15H15N2O3S/c1-4-12-22(13-5-1)27-19-21-11-10-18-25(26(21)29-20-27)28(23-14-6-2-7-15-23)24-16-8-3-9-17-24;1-3-10-19(11-4-1)22-14-17-8-7-9-18-15-23(16-24-21(17)18)20-12-5-2-6-13-20;23-26(24,18-11-5-2-6-12-18)21-19-13-7-8-16-14-22(15-25-20(16)19)17-9-3-1-4-10-17;1-17(2)15-10-6-7-13-11-18(12-19-16(13)15)14-8-4-3-5-9-14;1-21(18,19)16-14-9-5-6-12-10-17(11-20-15(12)14)13-7-3-2-4-8-13/h1-19H,20H2;1-15H,16H2;1-14,21H,15H2;3-11H,12H2,1-2H3;2-10,16H,11H2,1H3/q5*+1. The van der Waals surface area contributed by atoms with E-state index in [2.05, 4.69) is 184 Å². The van der Waals surface area contributed by atoms with E-state index in [9.17, 15) is 16.8 Å². The van der Waals surface area contributed by atoms with Crippen LogP contribution in [0.2, 0.25) is 0 Å². The van der Waals surface area contributed by atoms with Crippen LogP contribution in [0.1, 0.15) is 33.4 Å². The largest absolute Gasteiger partial charge is 0.434 e. The van der Waals surface area contributed by atoms with Gasteiger partial charge in [-0.2, -0.15) is 22.9 Å². The second kappa shape index (κ2) is 37.7. The van der Waals surface area contributed by atoms with Gasteiger partial charge in [0.25, 0.3) is 43.7 Å². The Morgan fingerprint density at radius 3 is 0.983 bits per heavy atom. The summed E-state index contributed by atoms with van der Waals surface area (Å²) in [6.45, 7) is 2.15. The highest BCUT2D eigenvalue weighted by molar-refractivity contribution is 7.92. The predicted octanol–water partition coefficient (Wildman–Crippen LogP) is 19.5. The van der Waals surface area contributed by atoms with Crippen LogP contribution in [0.5, 0.6) is 28.7 Å². The Morgan fingerprint density at radius 1 is 0.311 bits per heavy atom. The predicted molar refractivity (Wildman–Crippen MR) is 476 cm³/mol. The van der Waals surface area contributed by atoms with Gasteiger partial charge in [0.05, 0.1) is 67.4 Å². The number of fused-ring (bicyclic) bond motifs is 5. The molecule has 0 aliphatic carbocycles. The lowest BCUT2D eigenvalue weighted by molar-refractivity contribution is -0.476. The van der Waals surface area contributed by atoms with E-state index in [-0.39, 0.29) is 4.90 Å². The van der Waals surface area contributed by atoms with Gasteiger partial charge in [-0.1, -0.05) is 194 Å². The molecule has 0 amide bonds. The van der Waals surface area contributed by atoms with Gasteiger partial charge >= 0.3 is 0 Å². The zero-order valence-corrected chi connectivity index (χ0v) is 67.3. The highest BCUT2D eigenvalue weighted by atomic mass is 32.2. The number of sulfonamides is 2. The summed E-state index contributed by atoms with van der Waals surface area (Å²) in [5.41, 5.74) is 17.4. The van der Waals surface area contributed by atoms with E-state index in [1.54, 1.807) is 54.6 Å². The average Bonchev–Trinajstić information content (AvgIpc) is 0.770. The van der Waals surface area contributed by atoms with Crippen LogP contribution >= 0.6 is 0 Å². The lowest BCUT2D eigenvalue weighted by Gasteiger charge is -2.28. The first kappa shape index (κ1) is 79.4. The highest BCUT2D eigenvalue weighted by Crippen LogP contribution is 2.43. The van der Waals surface area contributed by atoms with Crippen molar-refractivity contribution in [3.63, 3.8) is 0 Å². The Kier molecular flexibility index (Phi) is 25.1. The summed E-state index contributed by atoms with van der Waals surface area (Å²) in [4.78, 5) is 9.06. The lowest BCUT2D eigenvalue weighted by Crippen LogP contribution is -2.22. The minimum absolute atomic E-state index is 0.211. The minimum Gasteiger partial charge on any atom is -0.434 e. The number of benzene rings is 14. The molecule has 0 aromatic heterocycles. The van der Waals surface area contributed by atoms with E-state index in [4.69, 9.17) is 23.7 Å². The molecule has 0 fully saturated rings. The molecular weight excluding hydrogens is 1530 g/mol. The van der Waals surface area contributed by atoms with Crippen LogP contribution in [-0.4, -0.2) is 131 Å². The molecule has 590 valence electrons. The highest BCUT2D eigenvalue weighted by Gasteiger charge is 2.30. The number of nitrogens with one attached hydrogen (secondary N) is 2. The fraction of sp³-hybridized carbons (Fsp3) is 0.0816. The first-order chi connectivity index (χ1) is 58.2. The summed E-state index contributed by atoms with van der Waals surface area (Å²) in [6, 6.07) is 119. The summed E-state index contributed by atoms with van der Waals surface area (Å²) in [5.74, 6) is 3.81. The Bertz CT molecular complexity index is 6260. The zero-order chi connectivity index (χ0) is 81.8. The van der Waals surface area contributed by atoms with Crippen molar-refractivity contribution in [1.29, 1.82) is 0 Å². The number of para-hydroxylation sites is 13. The van der Waals surface area contributed by atoms with E-state index in [0.717, 1.165) is 114 Å². The van der Waals surface area contributed by atoms with Gasteiger partial charge in [-0.15, -0.1) is 0 Å². The summed E-state index contributed by atoms with van der Waals surface area (Å²) in [5, 5.41) is 0. The summed E-state index contributed by atoms with van der Waals surface area (Å²) in [7, 11) is -2.94. The quantitative estimate of drug-likeness (QED) is 0.0696. The molecule has 19 nitrogen and oxygen atoms in total. The number of aliphatic imine (C=N–C) groups is 1. The Hall–Kier alpha value is -14.8. The van der Waals surface area contributed by atoms with E-state index in [1.165, 1.54) is 0 Å². The van der Waals surface area contributed by atoms with Gasteiger partial charge in [0.2, 0.25) is 38.5 Å². The molecule has 119 heavy (non-hydrogen) atoms. The molecule has 0 spiro atoms. The summed E-state index contributed by atoms with van der Waals surface area (Å²) in [6.07, 6.45) is 13.3. The van der Waals surface area contributed by atoms with E-state index >= 15 is 0 Å². The topological polar surface area (TPSA) is 172 Å². The van der Waals surface area contributed by atoms with Crippen molar-refractivity contribution in [3.05, 3.63) is 397 Å². The normalized spacial score (nSPS) is 13.2. The molecule has 5 heterocycles. The molecular formula is C98H87N10O9S2+5. The lowest BCUT2D eigenvalue weighted by atomic mass is 10.1. The molecule has 5 aliphatic rings. The molecule has 21 heteroatoms. The summed E-state index contributed by atoms with van der Waals surface area (Å²) < 4.78 is 93.2. The van der Waals surface area contributed by atoms with Crippen LogP contribution in [-0.2, 0) is 20.0 Å². The van der Waals surface area contributed by atoms with Crippen molar-refractivity contribution in [2.75, 3.05) is 73.2 Å². The van der Waals surface area contributed by atoms with Crippen LogP contribution < -0.4 is 42.9 Å². The molecule has 0 radical (unpaired) electrons. The van der Waals surface area contributed by atoms with Crippen molar-refractivity contribution in [2.45, 2.75) is 4.90 Å². The second-order valence-electron chi connectivity index (χ2n) is 27.9. The Balaban J connectivity index is 0.000000117. The van der Waals surface area contributed by atoms with Gasteiger partial charge in [-0.25, -0.2) is 16.8 Å². The zero-order valence-electron chi connectivity index (χ0n) is 65.7. The third-order valence-electron chi connectivity index (χ3n) is 19.3. The number of hydrogen-bond acceptors (Lipinski definition) is 12. The van der Waals surface area contributed by atoms with Crippen molar-refractivity contribution in [3.8, 4) is 28.7 Å². The van der Waals surface area contributed by atoms with Crippen molar-refractivity contribution in [1.82, 2.24) is 0 Å². The number of hydrogen-bond donors (Lipinski definition) is 2. The van der Waals surface area contributed by atoms with Crippen molar-refractivity contribution < 1.29 is 63.4 Å². The van der Waals surface area contributed by atoms with Gasteiger partial charge < -0.3 is 33.5 Å². The number of nitrogens with zero attached hydrogens (tertiary/aromatic N) is 8. The van der Waals surface area contributed by atoms with Gasteiger partial charge in [-0.05, 0) is 109 Å². The van der Waals surface area contributed by atoms with Crippen molar-refractivity contribution >= 4 is 126 Å². The third-order valence-corrected chi connectivity index (χ3v) is 21.3. The van der Waals surface area contributed by atoms with Crippen LogP contribution in [0.25, 0.3) is 0 Å². The van der Waals surface area contributed by atoms with E-state index in [1.807, 2.05) is 224 Å². The van der Waals surface area contributed by atoms with E-state index in [0.29, 0.717) is 56.5 Å². The second-order valence-corrected chi connectivity index (χ2v) is 31.4. The molecule has 0 unspecified atom stereocenters. The minimum atomic E-state index is -3.67. The molecule has 14 aromatic rings. The SMILES string of the molecule is C(=Nc1ccccc1)c1cccc2c1OC[N+](c1ccccc1)=C2.C1=[N+](c2ccccc2)COc2c1cccc2N(c1ccccc1)c1ccccc1.CN(C)c1cccc2c1OC[N+](c1ccccc1)=C2.CS(=O)(=O)Nc1cccc2c1OC[N+](c1ccccc1)=C2.O=S(=O)(Nc1cccc2c1OC[N+](c1ccccc1)=C2)c1ccccc1.